The third-order valence-electron chi connectivity index (χ3n) is 2.59. The van der Waals surface area contributed by atoms with Gasteiger partial charge in [0.15, 0.2) is 0 Å². The van der Waals surface area contributed by atoms with E-state index in [-0.39, 0.29) is 12.0 Å². The predicted octanol–water partition coefficient (Wildman–Crippen LogP) is 0.826. The summed E-state index contributed by atoms with van der Waals surface area (Å²) in [5, 5.41) is 0. The molecule has 0 amide bonds. The number of carbonyl (C=O) groups excluding carboxylic acids is 1. The zero-order chi connectivity index (χ0) is 11.1. The van der Waals surface area contributed by atoms with Gasteiger partial charge in [-0.3, -0.25) is 9.69 Å². The van der Waals surface area contributed by atoms with Crippen LogP contribution >= 0.6 is 0 Å². The summed E-state index contributed by atoms with van der Waals surface area (Å²) in [6.45, 7) is 6.76. The molecule has 86 valence electrons. The second-order valence-corrected chi connectivity index (χ2v) is 3.55. The zero-order valence-corrected chi connectivity index (χ0v) is 9.28. The molecule has 0 aromatic rings. The van der Waals surface area contributed by atoms with E-state index in [1.807, 2.05) is 6.08 Å². The lowest BCUT2D eigenvalue weighted by Crippen LogP contribution is -2.53. The molecule has 1 heterocycles. The molecule has 1 unspecified atom stereocenters. The van der Waals surface area contributed by atoms with E-state index in [2.05, 4.69) is 11.5 Å². The van der Waals surface area contributed by atoms with Gasteiger partial charge >= 0.3 is 5.97 Å². The van der Waals surface area contributed by atoms with Crippen molar-refractivity contribution < 1.29 is 14.3 Å². The second-order valence-electron chi connectivity index (χ2n) is 3.55. The maximum Gasteiger partial charge on any atom is 0.323 e. The molecule has 0 radical (unpaired) electrons. The number of rotatable bonds is 7. The van der Waals surface area contributed by atoms with Gasteiger partial charge in [0.25, 0.3) is 0 Å². The Morgan fingerprint density at radius 1 is 1.60 bits per heavy atom. The molecule has 1 rings (SSSR count). The van der Waals surface area contributed by atoms with Crippen molar-refractivity contribution in [3.63, 3.8) is 0 Å². The summed E-state index contributed by atoms with van der Waals surface area (Å²) in [5.41, 5.74) is 0. The van der Waals surface area contributed by atoms with Crippen LogP contribution in [0.2, 0.25) is 0 Å². The number of ether oxygens (including phenoxy) is 2. The van der Waals surface area contributed by atoms with Crippen LogP contribution in [0.3, 0.4) is 0 Å². The molecule has 15 heavy (non-hydrogen) atoms. The Morgan fingerprint density at radius 3 is 2.93 bits per heavy atom. The lowest BCUT2D eigenvalue weighted by molar-refractivity contribution is -0.152. The first kappa shape index (κ1) is 12.2. The molecule has 1 saturated heterocycles. The highest BCUT2D eigenvalue weighted by Crippen LogP contribution is 2.17. The van der Waals surface area contributed by atoms with E-state index in [0.717, 1.165) is 25.9 Å². The third kappa shape index (κ3) is 3.64. The van der Waals surface area contributed by atoms with E-state index in [1.54, 1.807) is 0 Å². The minimum Gasteiger partial charge on any atom is -0.468 e. The summed E-state index contributed by atoms with van der Waals surface area (Å²) in [7, 11) is 1.43. The molecule has 0 bridgehead atoms. The number of nitrogens with zero attached hydrogens (tertiary/aromatic N) is 1. The average molecular weight is 213 g/mol. The van der Waals surface area contributed by atoms with Crippen molar-refractivity contribution in [2.24, 2.45) is 0 Å². The normalized spacial score (nSPS) is 20.7. The average Bonchev–Trinajstić information content (AvgIpc) is 2.21. The Morgan fingerprint density at radius 2 is 2.40 bits per heavy atom. The molecular weight excluding hydrogens is 194 g/mol. The van der Waals surface area contributed by atoms with Gasteiger partial charge in [-0.05, 0) is 12.8 Å². The highest BCUT2D eigenvalue weighted by Gasteiger charge is 2.34. The van der Waals surface area contributed by atoms with Crippen molar-refractivity contribution in [1.82, 2.24) is 4.90 Å². The number of hydrogen-bond donors (Lipinski definition) is 0. The van der Waals surface area contributed by atoms with Crippen molar-refractivity contribution in [3.8, 4) is 0 Å². The Labute approximate surface area is 90.8 Å². The van der Waals surface area contributed by atoms with Gasteiger partial charge in [0.05, 0.1) is 20.3 Å². The minimum atomic E-state index is -0.132. The Bertz CT molecular complexity index is 218. The van der Waals surface area contributed by atoms with E-state index in [9.17, 15) is 4.79 Å². The molecule has 4 nitrogen and oxygen atoms in total. The van der Waals surface area contributed by atoms with Crippen molar-refractivity contribution in [2.45, 2.75) is 18.9 Å². The third-order valence-corrected chi connectivity index (χ3v) is 2.59. The first-order chi connectivity index (χ1) is 7.29. The Kier molecular flexibility index (Phi) is 5.36. The first-order valence-electron chi connectivity index (χ1n) is 5.30. The van der Waals surface area contributed by atoms with Gasteiger partial charge in [0.2, 0.25) is 0 Å². The van der Waals surface area contributed by atoms with Gasteiger partial charge in [-0.25, -0.2) is 0 Å². The van der Waals surface area contributed by atoms with E-state index >= 15 is 0 Å². The quantitative estimate of drug-likeness (QED) is 0.357. The van der Waals surface area contributed by atoms with Gasteiger partial charge in [-0.15, -0.1) is 6.58 Å². The van der Waals surface area contributed by atoms with E-state index in [1.165, 1.54) is 7.11 Å². The van der Waals surface area contributed by atoms with E-state index in [0.29, 0.717) is 13.2 Å². The lowest BCUT2D eigenvalue weighted by Gasteiger charge is -2.38. The maximum absolute atomic E-state index is 11.2. The smallest absolute Gasteiger partial charge is 0.323 e. The van der Waals surface area contributed by atoms with Crippen LogP contribution in [0.4, 0.5) is 0 Å². The van der Waals surface area contributed by atoms with Crippen LogP contribution in [0.15, 0.2) is 12.7 Å². The minimum absolute atomic E-state index is 0.0435. The number of esters is 1. The summed E-state index contributed by atoms with van der Waals surface area (Å²) in [6, 6.07) is -0.0435. The molecule has 1 aliphatic rings. The molecule has 1 aliphatic heterocycles. The van der Waals surface area contributed by atoms with Gasteiger partial charge in [-0.2, -0.15) is 0 Å². The van der Waals surface area contributed by atoms with Crippen LogP contribution in [0.1, 0.15) is 12.8 Å². The Hall–Kier alpha value is -0.870. The largest absolute Gasteiger partial charge is 0.468 e. The molecule has 1 fully saturated rings. The van der Waals surface area contributed by atoms with Crippen LogP contribution in [0, 0.1) is 0 Å². The molecule has 4 heteroatoms. The first-order valence-corrected chi connectivity index (χ1v) is 5.30. The molecule has 0 aromatic carbocycles. The van der Waals surface area contributed by atoms with Crippen molar-refractivity contribution >= 4 is 5.97 Å². The topological polar surface area (TPSA) is 38.8 Å². The predicted molar refractivity (Wildman–Crippen MR) is 57.6 cm³/mol. The molecule has 0 N–H and O–H groups in total. The maximum atomic E-state index is 11.2. The number of carbonyl (C=O) groups is 1. The van der Waals surface area contributed by atoms with Crippen LogP contribution in [-0.4, -0.2) is 50.3 Å². The number of hydrogen-bond acceptors (Lipinski definition) is 4. The van der Waals surface area contributed by atoms with Gasteiger partial charge in [0, 0.05) is 13.1 Å². The molecule has 0 aliphatic carbocycles. The molecule has 0 aromatic heterocycles. The van der Waals surface area contributed by atoms with Gasteiger partial charge < -0.3 is 9.47 Å². The standard InChI is InChI=1S/C11H19NO3/c1-3-4-8-15-9-7-12-6-5-10(12)11(13)14-2/h3,10H,1,4-9H2,2H3. The fourth-order valence-electron chi connectivity index (χ4n) is 1.56. The Balaban J connectivity index is 2.06. The highest BCUT2D eigenvalue weighted by atomic mass is 16.5. The zero-order valence-electron chi connectivity index (χ0n) is 9.28. The van der Waals surface area contributed by atoms with Crippen molar-refractivity contribution in [3.05, 3.63) is 12.7 Å². The summed E-state index contributed by atoms with van der Waals surface area (Å²) in [6.07, 6.45) is 3.61. The van der Waals surface area contributed by atoms with Crippen molar-refractivity contribution in [2.75, 3.05) is 33.4 Å². The van der Waals surface area contributed by atoms with Crippen LogP contribution < -0.4 is 0 Å². The van der Waals surface area contributed by atoms with Crippen LogP contribution in [0.5, 0.6) is 0 Å². The van der Waals surface area contributed by atoms with Crippen molar-refractivity contribution in [1.29, 1.82) is 0 Å². The van der Waals surface area contributed by atoms with E-state index < -0.39 is 0 Å². The highest BCUT2D eigenvalue weighted by molar-refractivity contribution is 5.76. The summed E-state index contributed by atoms with van der Waals surface area (Å²) < 4.78 is 10.1. The molecule has 0 saturated carbocycles. The monoisotopic (exact) mass is 213 g/mol. The molecule has 0 spiro atoms. The number of likely N-dealkylation sites (tertiary alicyclic amines) is 1. The summed E-state index contributed by atoms with van der Waals surface area (Å²) in [5.74, 6) is -0.132. The summed E-state index contributed by atoms with van der Waals surface area (Å²) in [4.78, 5) is 13.3. The SMILES string of the molecule is C=CCCOCCN1CCC1C(=O)OC. The van der Waals surface area contributed by atoms with Gasteiger partial charge in [0.1, 0.15) is 6.04 Å². The van der Waals surface area contributed by atoms with Crippen LogP contribution in [0.25, 0.3) is 0 Å². The number of methoxy groups -OCH3 is 1. The van der Waals surface area contributed by atoms with Gasteiger partial charge in [-0.1, -0.05) is 6.08 Å². The van der Waals surface area contributed by atoms with Crippen LogP contribution in [-0.2, 0) is 14.3 Å². The van der Waals surface area contributed by atoms with E-state index in [4.69, 9.17) is 9.47 Å². The fraction of sp³-hybridized carbons (Fsp3) is 0.727. The summed E-state index contributed by atoms with van der Waals surface area (Å²) >= 11 is 0. The lowest BCUT2D eigenvalue weighted by atomic mass is 10.0. The fourth-order valence-corrected chi connectivity index (χ4v) is 1.56. The molecular formula is C11H19NO3. The second kappa shape index (κ2) is 6.58. The molecule has 1 atom stereocenters.